The van der Waals surface area contributed by atoms with Crippen LogP contribution >= 0.6 is 7.60 Å². The molecule has 1 amide bonds. The fourth-order valence-electron chi connectivity index (χ4n) is 2.18. The summed E-state index contributed by atoms with van der Waals surface area (Å²) in [5.41, 5.74) is 0.465. The summed E-state index contributed by atoms with van der Waals surface area (Å²) in [5.74, 6) is 0.0200. The monoisotopic (exact) mass is 310 g/mol. The minimum Gasteiger partial charge on any atom is -0.352 e. The van der Waals surface area contributed by atoms with E-state index in [4.69, 9.17) is 15.0 Å². The molecule has 0 saturated carbocycles. The number of rotatable bonds is 3. The summed E-state index contributed by atoms with van der Waals surface area (Å²) in [4.78, 5) is 36.9. The van der Waals surface area contributed by atoms with Gasteiger partial charge in [0.2, 0.25) is 5.91 Å². The van der Waals surface area contributed by atoms with E-state index in [2.05, 4.69) is 11.1 Å². The van der Waals surface area contributed by atoms with Crippen LogP contribution in [0.15, 0.2) is 18.3 Å². The second-order valence-electron chi connectivity index (χ2n) is 4.68. The second kappa shape index (κ2) is 6.22. The first-order valence-corrected chi connectivity index (χ1v) is 8.13. The number of nitriles is 1. The van der Waals surface area contributed by atoms with E-state index < -0.39 is 19.7 Å². The molecule has 0 unspecified atom stereocenters. The van der Waals surface area contributed by atoms with E-state index in [0.717, 1.165) is 0 Å². The van der Waals surface area contributed by atoms with Gasteiger partial charge < -0.3 is 19.6 Å². The molecule has 112 valence electrons. The number of hydrogen-bond acceptors (Lipinski definition) is 5. The number of piperazine rings is 1. The van der Waals surface area contributed by atoms with E-state index >= 15 is 0 Å². The molecule has 1 aromatic rings. The Labute approximate surface area is 121 Å². The molecule has 2 heterocycles. The lowest BCUT2D eigenvalue weighted by molar-refractivity contribution is -0.128. The first kappa shape index (κ1) is 15.4. The highest BCUT2D eigenvalue weighted by atomic mass is 31.2. The summed E-state index contributed by atoms with van der Waals surface area (Å²) in [6.07, 6.45) is 0.835. The molecule has 0 bridgehead atoms. The summed E-state index contributed by atoms with van der Waals surface area (Å²) in [6.45, 7) is 1.64. The molecule has 1 aromatic heterocycles. The number of aromatic nitrogens is 1. The van der Waals surface area contributed by atoms with Crippen LogP contribution in [0.25, 0.3) is 0 Å². The Balaban J connectivity index is 1.99. The number of amides is 1. The number of carbonyl (C=O) groups is 1. The van der Waals surface area contributed by atoms with E-state index in [-0.39, 0.29) is 0 Å². The van der Waals surface area contributed by atoms with Crippen LogP contribution in [0.4, 0.5) is 5.82 Å². The third-order valence-corrected chi connectivity index (χ3v) is 3.86. The van der Waals surface area contributed by atoms with Crippen LogP contribution in [0.2, 0.25) is 0 Å². The van der Waals surface area contributed by atoms with E-state index in [1.807, 2.05) is 4.90 Å². The summed E-state index contributed by atoms with van der Waals surface area (Å²) >= 11 is 0. The molecule has 0 aliphatic carbocycles. The van der Waals surface area contributed by atoms with Crippen LogP contribution in [0, 0.1) is 11.3 Å². The SMILES string of the molecule is N#Cc1cccnc1N1CCN(C(=O)CP(=O)(O)O)CC1. The molecule has 1 aliphatic rings. The minimum absolute atomic E-state index is 0.347. The average molecular weight is 310 g/mol. The predicted octanol–water partition coefficient (Wildman–Crippen LogP) is -0.220. The van der Waals surface area contributed by atoms with Gasteiger partial charge >= 0.3 is 7.60 Å². The molecule has 0 radical (unpaired) electrons. The van der Waals surface area contributed by atoms with Gasteiger partial charge in [-0.15, -0.1) is 0 Å². The van der Waals surface area contributed by atoms with Crippen molar-refractivity contribution in [3.05, 3.63) is 23.9 Å². The molecule has 0 aromatic carbocycles. The smallest absolute Gasteiger partial charge is 0.334 e. The Morgan fingerprint density at radius 2 is 2.05 bits per heavy atom. The van der Waals surface area contributed by atoms with Gasteiger partial charge in [-0.1, -0.05) is 0 Å². The van der Waals surface area contributed by atoms with Crippen molar-refractivity contribution in [3.8, 4) is 6.07 Å². The Hall–Kier alpha value is -1.94. The van der Waals surface area contributed by atoms with Gasteiger partial charge in [0.05, 0.1) is 5.56 Å². The zero-order valence-corrected chi connectivity index (χ0v) is 12.1. The molecule has 9 heteroatoms. The summed E-state index contributed by atoms with van der Waals surface area (Å²) in [6, 6.07) is 5.43. The second-order valence-corrected chi connectivity index (χ2v) is 6.32. The van der Waals surface area contributed by atoms with Gasteiger partial charge in [0.1, 0.15) is 18.0 Å². The van der Waals surface area contributed by atoms with E-state index in [9.17, 15) is 9.36 Å². The van der Waals surface area contributed by atoms with Crippen LogP contribution in [0.5, 0.6) is 0 Å². The highest BCUT2D eigenvalue weighted by Gasteiger charge is 2.27. The molecule has 2 rings (SSSR count). The van der Waals surface area contributed by atoms with Crippen molar-refractivity contribution in [2.24, 2.45) is 0 Å². The molecule has 1 aliphatic heterocycles. The average Bonchev–Trinajstić information content (AvgIpc) is 2.45. The number of hydrogen-bond donors (Lipinski definition) is 2. The van der Waals surface area contributed by atoms with Crippen molar-refractivity contribution in [1.82, 2.24) is 9.88 Å². The predicted molar refractivity (Wildman–Crippen MR) is 74.7 cm³/mol. The van der Waals surface area contributed by atoms with Gasteiger partial charge in [0.25, 0.3) is 0 Å². The van der Waals surface area contributed by atoms with Crippen LogP contribution in [0.1, 0.15) is 5.56 Å². The Bertz CT molecular complexity index is 616. The fourth-order valence-corrected chi connectivity index (χ4v) is 2.73. The highest BCUT2D eigenvalue weighted by Crippen LogP contribution is 2.34. The normalized spacial score (nSPS) is 15.7. The molecule has 1 fully saturated rings. The maximum absolute atomic E-state index is 11.7. The number of anilines is 1. The van der Waals surface area contributed by atoms with Crippen molar-refractivity contribution in [2.45, 2.75) is 0 Å². The zero-order valence-electron chi connectivity index (χ0n) is 11.2. The lowest BCUT2D eigenvalue weighted by Gasteiger charge is -2.35. The Morgan fingerprint density at radius 1 is 1.38 bits per heavy atom. The molecule has 8 nitrogen and oxygen atoms in total. The van der Waals surface area contributed by atoms with Crippen molar-refractivity contribution >= 4 is 19.3 Å². The zero-order chi connectivity index (χ0) is 15.5. The van der Waals surface area contributed by atoms with Crippen molar-refractivity contribution < 1.29 is 19.1 Å². The minimum atomic E-state index is -4.33. The maximum atomic E-state index is 11.7. The molecule has 0 spiro atoms. The number of pyridine rings is 1. The van der Waals surface area contributed by atoms with E-state index in [1.54, 1.807) is 18.3 Å². The standard InChI is InChI=1S/C12H15N4O4P/c13-8-10-2-1-3-14-12(10)16-6-4-15(5-7-16)11(17)9-21(18,19)20/h1-3H,4-7,9H2,(H2,18,19,20). The molecule has 21 heavy (non-hydrogen) atoms. The largest absolute Gasteiger partial charge is 0.352 e. The lowest BCUT2D eigenvalue weighted by atomic mass is 10.2. The molecule has 2 N–H and O–H groups in total. The number of carbonyl (C=O) groups excluding carboxylic acids is 1. The first-order chi connectivity index (χ1) is 9.90. The Kier molecular flexibility index (Phi) is 4.58. The summed E-state index contributed by atoms with van der Waals surface area (Å²) in [7, 11) is -4.33. The van der Waals surface area contributed by atoms with E-state index in [0.29, 0.717) is 37.6 Å². The van der Waals surface area contributed by atoms with Crippen molar-refractivity contribution in [3.63, 3.8) is 0 Å². The fraction of sp³-hybridized carbons (Fsp3) is 0.417. The maximum Gasteiger partial charge on any atom is 0.334 e. The summed E-state index contributed by atoms with van der Waals surface area (Å²) < 4.78 is 10.8. The first-order valence-electron chi connectivity index (χ1n) is 6.33. The quantitative estimate of drug-likeness (QED) is 0.741. The van der Waals surface area contributed by atoms with Gasteiger partial charge in [0.15, 0.2) is 0 Å². The van der Waals surface area contributed by atoms with Crippen LogP contribution in [0.3, 0.4) is 0 Å². The lowest BCUT2D eigenvalue weighted by Crippen LogP contribution is -2.50. The third-order valence-electron chi connectivity index (χ3n) is 3.18. The Morgan fingerprint density at radius 3 is 2.62 bits per heavy atom. The van der Waals surface area contributed by atoms with Gasteiger partial charge in [-0.25, -0.2) is 4.98 Å². The molecular weight excluding hydrogens is 295 g/mol. The van der Waals surface area contributed by atoms with Gasteiger partial charge in [-0.3, -0.25) is 9.36 Å². The van der Waals surface area contributed by atoms with Crippen LogP contribution in [-0.2, 0) is 9.36 Å². The van der Waals surface area contributed by atoms with Gasteiger partial charge in [0, 0.05) is 32.4 Å². The van der Waals surface area contributed by atoms with Crippen molar-refractivity contribution in [1.29, 1.82) is 5.26 Å². The molecule has 0 atom stereocenters. The number of nitrogens with zero attached hydrogens (tertiary/aromatic N) is 4. The van der Waals surface area contributed by atoms with E-state index in [1.165, 1.54) is 4.90 Å². The van der Waals surface area contributed by atoms with Gasteiger partial charge in [-0.2, -0.15) is 5.26 Å². The molecular formula is C12H15N4O4P. The topological polar surface area (TPSA) is 118 Å². The van der Waals surface area contributed by atoms with Crippen molar-refractivity contribution in [2.75, 3.05) is 37.2 Å². The summed E-state index contributed by atoms with van der Waals surface area (Å²) in [5, 5.41) is 9.05. The highest BCUT2D eigenvalue weighted by molar-refractivity contribution is 7.52. The third kappa shape index (κ3) is 4.02. The molecule has 1 saturated heterocycles. The van der Waals surface area contributed by atoms with Crippen LogP contribution in [-0.4, -0.2) is 57.9 Å². The van der Waals surface area contributed by atoms with Gasteiger partial charge in [-0.05, 0) is 12.1 Å². The van der Waals surface area contributed by atoms with Crippen LogP contribution < -0.4 is 4.90 Å².